The molecule has 1 aliphatic rings. The summed E-state index contributed by atoms with van der Waals surface area (Å²) >= 11 is 0. The number of aryl methyl sites for hydroxylation is 1. The van der Waals surface area contributed by atoms with Gasteiger partial charge in [-0.25, -0.2) is 0 Å². The Labute approximate surface area is 165 Å². The molecule has 2 heteroatoms. The lowest BCUT2D eigenvalue weighted by atomic mass is 9.70. The Morgan fingerprint density at radius 3 is 2.36 bits per heavy atom. The lowest BCUT2D eigenvalue weighted by Crippen LogP contribution is -2.27. The maximum Gasteiger partial charge on any atom is 0.0967 e. The van der Waals surface area contributed by atoms with E-state index in [2.05, 4.69) is 92.9 Å². The quantitative estimate of drug-likeness (QED) is 0.393. The van der Waals surface area contributed by atoms with Crippen LogP contribution in [0.25, 0.3) is 22.0 Å². The summed E-state index contributed by atoms with van der Waals surface area (Å²) < 4.78 is 0. The normalized spacial score (nSPS) is 18.2. The van der Waals surface area contributed by atoms with E-state index in [-0.39, 0.29) is 5.41 Å². The van der Waals surface area contributed by atoms with E-state index in [0.717, 1.165) is 17.6 Å². The highest BCUT2D eigenvalue weighted by molar-refractivity contribution is 6.03. The van der Waals surface area contributed by atoms with Crippen LogP contribution in [0.1, 0.15) is 30.0 Å². The monoisotopic (exact) mass is 362 g/mol. The lowest BCUT2D eigenvalue weighted by Gasteiger charge is -2.35. The molecule has 0 saturated heterocycles. The largest absolute Gasteiger partial charge is 0.259 e. The molecule has 1 atom stereocenters. The van der Waals surface area contributed by atoms with E-state index in [9.17, 15) is 0 Å². The van der Waals surface area contributed by atoms with Crippen molar-refractivity contribution in [2.45, 2.75) is 25.7 Å². The molecular formula is C26H22N2. The second-order valence-corrected chi connectivity index (χ2v) is 7.75. The molecule has 2 heterocycles. The Kier molecular flexibility index (Phi) is 3.87. The number of hydrogen-bond donors (Lipinski definition) is 0. The molecule has 136 valence electrons. The van der Waals surface area contributed by atoms with Crippen LogP contribution in [-0.2, 0) is 5.41 Å². The summed E-state index contributed by atoms with van der Waals surface area (Å²) in [4.78, 5) is 9.62. The van der Waals surface area contributed by atoms with E-state index in [1.54, 1.807) is 0 Å². The zero-order valence-electron chi connectivity index (χ0n) is 16.2. The first-order valence-corrected chi connectivity index (χ1v) is 9.75. The molecule has 0 fully saturated rings. The molecule has 1 aliphatic heterocycles. The summed E-state index contributed by atoms with van der Waals surface area (Å²) in [5.74, 6) is 0. The van der Waals surface area contributed by atoms with Gasteiger partial charge >= 0.3 is 0 Å². The predicted octanol–water partition coefficient (Wildman–Crippen LogP) is 6.62. The van der Waals surface area contributed by atoms with Crippen molar-refractivity contribution in [2.24, 2.45) is 4.99 Å². The van der Waals surface area contributed by atoms with Gasteiger partial charge in [0.05, 0.1) is 11.2 Å². The topological polar surface area (TPSA) is 25.2 Å². The Balaban J connectivity index is 1.82. The fraction of sp³-hybridized carbons (Fsp3) is 0.154. The first kappa shape index (κ1) is 16.9. The Hall–Kier alpha value is -3.26. The van der Waals surface area contributed by atoms with Crippen molar-refractivity contribution in [3.63, 3.8) is 0 Å². The van der Waals surface area contributed by atoms with Crippen LogP contribution in [0.3, 0.4) is 0 Å². The minimum atomic E-state index is -0.0962. The van der Waals surface area contributed by atoms with E-state index < -0.39 is 0 Å². The first-order chi connectivity index (χ1) is 13.7. The second kappa shape index (κ2) is 6.42. The number of nitrogens with zero attached hydrogens (tertiary/aromatic N) is 2. The van der Waals surface area contributed by atoms with Crippen molar-refractivity contribution in [3.8, 4) is 11.1 Å². The molecule has 0 aliphatic carbocycles. The number of rotatable bonds is 2. The van der Waals surface area contributed by atoms with Crippen molar-refractivity contribution >= 4 is 22.8 Å². The van der Waals surface area contributed by atoms with Gasteiger partial charge in [-0.1, -0.05) is 67.6 Å². The summed E-state index contributed by atoms with van der Waals surface area (Å²) in [6.45, 7) is 4.54. The van der Waals surface area contributed by atoms with Gasteiger partial charge in [0.25, 0.3) is 0 Å². The van der Waals surface area contributed by atoms with E-state index in [0.29, 0.717) is 0 Å². The molecule has 0 bridgehead atoms. The van der Waals surface area contributed by atoms with Crippen LogP contribution < -0.4 is 0 Å². The third kappa shape index (κ3) is 2.49. The third-order valence-corrected chi connectivity index (χ3v) is 5.97. The predicted molar refractivity (Wildman–Crippen MR) is 118 cm³/mol. The number of aromatic nitrogens is 1. The first-order valence-electron chi connectivity index (χ1n) is 9.75. The summed E-state index contributed by atoms with van der Waals surface area (Å²) in [5.41, 5.74) is 8.22. The molecular weight excluding hydrogens is 340 g/mol. The Morgan fingerprint density at radius 1 is 0.893 bits per heavy atom. The van der Waals surface area contributed by atoms with E-state index in [1.807, 2.05) is 6.20 Å². The molecule has 28 heavy (non-hydrogen) atoms. The van der Waals surface area contributed by atoms with Crippen molar-refractivity contribution in [1.82, 2.24) is 4.98 Å². The van der Waals surface area contributed by atoms with E-state index >= 15 is 0 Å². The number of benzene rings is 3. The minimum Gasteiger partial charge on any atom is -0.259 e. The van der Waals surface area contributed by atoms with Crippen LogP contribution in [0.15, 0.2) is 84.0 Å². The van der Waals surface area contributed by atoms with Gasteiger partial charge in [0.2, 0.25) is 0 Å². The molecule has 3 aromatic carbocycles. The maximum atomic E-state index is 4.85. The summed E-state index contributed by atoms with van der Waals surface area (Å²) in [5, 5.41) is 1.17. The fourth-order valence-electron chi connectivity index (χ4n) is 4.58. The molecule has 0 radical (unpaired) electrons. The molecule has 4 aromatic rings. The van der Waals surface area contributed by atoms with Crippen molar-refractivity contribution < 1.29 is 0 Å². The smallest absolute Gasteiger partial charge is 0.0967 e. The molecule has 0 spiro atoms. The zero-order valence-corrected chi connectivity index (χ0v) is 16.2. The van der Waals surface area contributed by atoms with Crippen LogP contribution >= 0.6 is 0 Å². The summed E-state index contributed by atoms with van der Waals surface area (Å²) in [6.07, 6.45) is 4.87. The van der Waals surface area contributed by atoms with Gasteiger partial charge in [-0.05, 0) is 53.3 Å². The highest BCUT2D eigenvalue weighted by Crippen LogP contribution is 2.48. The van der Waals surface area contributed by atoms with E-state index in [1.165, 1.54) is 33.2 Å². The Morgan fingerprint density at radius 2 is 1.61 bits per heavy atom. The number of aliphatic imine (C=N–C) groups is 1. The van der Waals surface area contributed by atoms with Crippen LogP contribution in [-0.4, -0.2) is 11.2 Å². The second-order valence-electron chi connectivity index (χ2n) is 7.75. The summed E-state index contributed by atoms with van der Waals surface area (Å²) in [7, 11) is 0. The van der Waals surface area contributed by atoms with Crippen molar-refractivity contribution in [3.05, 3.63) is 95.7 Å². The van der Waals surface area contributed by atoms with Gasteiger partial charge in [0.15, 0.2) is 0 Å². The van der Waals surface area contributed by atoms with Gasteiger partial charge in [0.1, 0.15) is 0 Å². The van der Waals surface area contributed by atoms with Crippen LogP contribution in [0.5, 0.6) is 0 Å². The molecule has 1 aromatic heterocycles. The van der Waals surface area contributed by atoms with Crippen LogP contribution in [0, 0.1) is 6.92 Å². The molecule has 0 N–H and O–H groups in total. The number of fused-ring (bicyclic) bond motifs is 3. The number of hydrogen-bond acceptors (Lipinski definition) is 2. The Bertz CT molecular complexity index is 1190. The minimum absolute atomic E-state index is 0.0962. The van der Waals surface area contributed by atoms with Gasteiger partial charge in [0, 0.05) is 23.2 Å². The number of pyridine rings is 1. The SMILES string of the molecule is Cc1cc2c(-c3ccccc3)ccnc2c2c1C(C)(c1ccccc1)CC=N2. The molecule has 0 amide bonds. The van der Waals surface area contributed by atoms with E-state index in [4.69, 9.17) is 9.98 Å². The fourth-order valence-corrected chi connectivity index (χ4v) is 4.58. The molecule has 2 nitrogen and oxygen atoms in total. The summed E-state index contributed by atoms with van der Waals surface area (Å²) in [6, 6.07) is 25.7. The van der Waals surface area contributed by atoms with Crippen molar-refractivity contribution in [2.75, 3.05) is 0 Å². The molecule has 1 unspecified atom stereocenters. The molecule has 0 saturated carbocycles. The van der Waals surface area contributed by atoms with Crippen LogP contribution in [0.2, 0.25) is 0 Å². The van der Waals surface area contributed by atoms with Gasteiger partial charge in [-0.3, -0.25) is 9.98 Å². The maximum absolute atomic E-state index is 4.85. The zero-order chi connectivity index (χ0) is 19.1. The lowest BCUT2D eigenvalue weighted by molar-refractivity contribution is 0.593. The van der Waals surface area contributed by atoms with Gasteiger partial charge < -0.3 is 0 Å². The average Bonchev–Trinajstić information content (AvgIpc) is 2.75. The average molecular weight is 362 g/mol. The third-order valence-electron chi connectivity index (χ3n) is 5.97. The van der Waals surface area contributed by atoms with Gasteiger partial charge in [-0.15, -0.1) is 0 Å². The van der Waals surface area contributed by atoms with Crippen molar-refractivity contribution in [1.29, 1.82) is 0 Å². The highest BCUT2D eigenvalue weighted by Gasteiger charge is 2.35. The van der Waals surface area contributed by atoms with Crippen LogP contribution in [0.4, 0.5) is 5.69 Å². The highest BCUT2D eigenvalue weighted by atomic mass is 14.8. The standard InChI is InChI=1S/C26H22N2/c1-18-17-22-21(19-9-5-3-6-10-19)13-15-27-24(22)25-23(18)26(2,14-16-28-25)20-11-7-4-8-12-20/h3-13,15-17H,14H2,1-2H3. The van der Waals surface area contributed by atoms with Gasteiger partial charge in [-0.2, -0.15) is 0 Å². The molecule has 5 rings (SSSR count).